The van der Waals surface area contributed by atoms with Crippen molar-refractivity contribution >= 4 is 0 Å². The van der Waals surface area contributed by atoms with Crippen LogP contribution in [0.2, 0.25) is 0 Å². The van der Waals surface area contributed by atoms with Gasteiger partial charge in [0.05, 0.1) is 6.10 Å². The largest absolute Gasteiger partial charge is 0.393 e. The molecule has 0 bridgehead atoms. The smallest absolute Gasteiger partial charge is 0.123 e. The third-order valence-electron chi connectivity index (χ3n) is 3.85. The highest BCUT2D eigenvalue weighted by atomic mass is 19.1. The molecule has 0 aliphatic heterocycles. The molecule has 0 fully saturated rings. The molecule has 2 atom stereocenters. The van der Waals surface area contributed by atoms with Gasteiger partial charge in [0.2, 0.25) is 0 Å². The molecule has 0 amide bonds. The van der Waals surface area contributed by atoms with Crippen molar-refractivity contribution in [3.8, 4) is 0 Å². The molecule has 2 aromatic carbocycles. The Kier molecular flexibility index (Phi) is 4.76. The van der Waals surface area contributed by atoms with Crippen LogP contribution in [0.25, 0.3) is 0 Å². The second-order valence-electron chi connectivity index (χ2n) is 5.75. The van der Waals surface area contributed by atoms with E-state index in [1.165, 1.54) is 12.1 Å². The summed E-state index contributed by atoms with van der Waals surface area (Å²) in [5.74, 6) is -0.320. The molecule has 0 saturated heterocycles. The Hall–Kier alpha value is -1.71. The maximum absolute atomic E-state index is 13.1. The molecule has 3 heteroatoms. The minimum Gasteiger partial charge on any atom is -0.393 e. The lowest BCUT2D eigenvalue weighted by atomic mass is 9.80. The second-order valence-corrected chi connectivity index (χ2v) is 5.75. The fourth-order valence-electron chi connectivity index (χ4n) is 2.38. The van der Waals surface area contributed by atoms with Crippen LogP contribution < -0.4 is 0 Å². The molecule has 0 spiro atoms. The van der Waals surface area contributed by atoms with Gasteiger partial charge in [-0.1, -0.05) is 56.3 Å². The minimum atomic E-state index is -1.33. The van der Waals surface area contributed by atoms with Crippen LogP contribution in [0.4, 0.5) is 4.39 Å². The second kappa shape index (κ2) is 6.37. The third-order valence-corrected chi connectivity index (χ3v) is 3.85. The van der Waals surface area contributed by atoms with Crippen molar-refractivity contribution in [1.29, 1.82) is 0 Å². The number of hydrogen-bond donors (Lipinski definition) is 2. The van der Waals surface area contributed by atoms with Gasteiger partial charge in [-0.2, -0.15) is 0 Å². The standard InChI is InChI=1S/C18H21FO2/c1-13(2)17(20)12-18(21,14-6-4-3-5-7-14)15-8-10-16(19)11-9-15/h3-11,13,17,20-21H,12H2,1-2H3/t17-,18+/m1/s1. The lowest BCUT2D eigenvalue weighted by Crippen LogP contribution is -2.34. The summed E-state index contributed by atoms with van der Waals surface area (Å²) in [5.41, 5.74) is -0.0651. The molecule has 0 aromatic heterocycles. The Morgan fingerprint density at radius 2 is 1.48 bits per heavy atom. The summed E-state index contributed by atoms with van der Waals surface area (Å²) in [7, 11) is 0. The number of hydrogen-bond acceptors (Lipinski definition) is 2. The summed E-state index contributed by atoms with van der Waals surface area (Å²) in [6.45, 7) is 3.81. The molecule has 0 aliphatic rings. The van der Waals surface area contributed by atoms with Gasteiger partial charge in [0.15, 0.2) is 0 Å². The molecular formula is C18H21FO2. The van der Waals surface area contributed by atoms with Crippen molar-refractivity contribution in [3.05, 3.63) is 71.5 Å². The average Bonchev–Trinajstić information content (AvgIpc) is 2.48. The predicted molar refractivity (Wildman–Crippen MR) is 81.3 cm³/mol. The molecule has 0 heterocycles. The van der Waals surface area contributed by atoms with Gasteiger partial charge in [-0.25, -0.2) is 4.39 Å². The lowest BCUT2D eigenvalue weighted by Gasteiger charge is -2.32. The normalized spacial score (nSPS) is 15.7. The van der Waals surface area contributed by atoms with E-state index in [4.69, 9.17) is 0 Å². The zero-order chi connectivity index (χ0) is 15.5. The summed E-state index contributed by atoms with van der Waals surface area (Å²) >= 11 is 0. The number of rotatable bonds is 5. The molecule has 0 unspecified atom stereocenters. The number of aliphatic hydroxyl groups is 2. The van der Waals surface area contributed by atoms with E-state index in [1.54, 1.807) is 12.1 Å². The number of halogens is 1. The Morgan fingerprint density at radius 3 is 2.00 bits per heavy atom. The molecule has 0 radical (unpaired) electrons. The molecule has 2 nitrogen and oxygen atoms in total. The van der Waals surface area contributed by atoms with Gasteiger partial charge in [-0.3, -0.25) is 0 Å². The van der Waals surface area contributed by atoms with E-state index in [1.807, 2.05) is 44.2 Å². The van der Waals surface area contributed by atoms with Gasteiger partial charge < -0.3 is 10.2 Å². The predicted octanol–water partition coefficient (Wildman–Crippen LogP) is 3.47. The van der Waals surface area contributed by atoms with Crippen LogP contribution in [0, 0.1) is 11.7 Å². The zero-order valence-electron chi connectivity index (χ0n) is 12.3. The van der Waals surface area contributed by atoms with Gasteiger partial charge in [-0.15, -0.1) is 0 Å². The molecule has 0 aliphatic carbocycles. The summed E-state index contributed by atoms with van der Waals surface area (Å²) in [5, 5.41) is 21.4. The third kappa shape index (κ3) is 3.49. The Morgan fingerprint density at radius 1 is 0.952 bits per heavy atom. The first-order valence-electron chi connectivity index (χ1n) is 7.15. The van der Waals surface area contributed by atoms with Crippen LogP contribution in [0.3, 0.4) is 0 Å². The first-order valence-corrected chi connectivity index (χ1v) is 7.15. The Labute approximate surface area is 124 Å². The zero-order valence-corrected chi connectivity index (χ0v) is 12.3. The van der Waals surface area contributed by atoms with Gasteiger partial charge in [-0.05, 0) is 29.2 Å². The minimum absolute atomic E-state index is 0.0284. The monoisotopic (exact) mass is 288 g/mol. The van der Waals surface area contributed by atoms with E-state index in [9.17, 15) is 14.6 Å². The fraction of sp³-hybridized carbons (Fsp3) is 0.333. The van der Waals surface area contributed by atoms with Crippen molar-refractivity contribution in [2.24, 2.45) is 5.92 Å². The maximum atomic E-state index is 13.1. The maximum Gasteiger partial charge on any atom is 0.123 e. The Bertz CT molecular complexity index is 566. The first-order chi connectivity index (χ1) is 9.93. The molecule has 0 saturated carbocycles. The fourth-order valence-corrected chi connectivity index (χ4v) is 2.38. The highest BCUT2D eigenvalue weighted by molar-refractivity contribution is 5.36. The molecule has 2 rings (SSSR count). The summed E-state index contributed by atoms with van der Waals surface area (Å²) in [4.78, 5) is 0. The molecule has 21 heavy (non-hydrogen) atoms. The van der Waals surface area contributed by atoms with E-state index in [2.05, 4.69) is 0 Å². The van der Waals surface area contributed by atoms with E-state index in [0.29, 0.717) is 11.1 Å². The lowest BCUT2D eigenvalue weighted by molar-refractivity contribution is 0.000868. The SMILES string of the molecule is CC(C)[C@H](O)C[C@](O)(c1ccccc1)c1ccc(F)cc1. The van der Waals surface area contributed by atoms with Crippen LogP contribution in [0.5, 0.6) is 0 Å². The van der Waals surface area contributed by atoms with Crippen LogP contribution in [0.1, 0.15) is 31.4 Å². The Balaban J connectivity index is 2.46. The van der Waals surface area contributed by atoms with Crippen molar-refractivity contribution in [2.45, 2.75) is 32.0 Å². The van der Waals surface area contributed by atoms with Crippen LogP contribution >= 0.6 is 0 Å². The van der Waals surface area contributed by atoms with Crippen LogP contribution in [-0.4, -0.2) is 16.3 Å². The quantitative estimate of drug-likeness (QED) is 0.884. The molecular weight excluding hydrogens is 267 g/mol. The van der Waals surface area contributed by atoms with Gasteiger partial charge in [0.25, 0.3) is 0 Å². The summed E-state index contributed by atoms with van der Waals surface area (Å²) in [6.07, 6.45) is -0.486. The average molecular weight is 288 g/mol. The highest BCUT2D eigenvalue weighted by Gasteiger charge is 2.34. The van der Waals surface area contributed by atoms with Crippen molar-refractivity contribution < 1.29 is 14.6 Å². The molecule has 2 N–H and O–H groups in total. The van der Waals surface area contributed by atoms with Gasteiger partial charge in [0.1, 0.15) is 11.4 Å². The van der Waals surface area contributed by atoms with E-state index in [0.717, 1.165) is 0 Å². The number of benzene rings is 2. The van der Waals surface area contributed by atoms with E-state index >= 15 is 0 Å². The first kappa shape index (κ1) is 15.7. The highest BCUT2D eigenvalue weighted by Crippen LogP contribution is 2.35. The van der Waals surface area contributed by atoms with Crippen LogP contribution in [-0.2, 0) is 5.60 Å². The van der Waals surface area contributed by atoms with E-state index < -0.39 is 11.7 Å². The van der Waals surface area contributed by atoms with Crippen molar-refractivity contribution in [1.82, 2.24) is 0 Å². The number of aliphatic hydroxyl groups excluding tert-OH is 1. The van der Waals surface area contributed by atoms with Gasteiger partial charge in [0, 0.05) is 6.42 Å². The van der Waals surface area contributed by atoms with Crippen LogP contribution in [0.15, 0.2) is 54.6 Å². The summed E-state index contributed by atoms with van der Waals surface area (Å²) < 4.78 is 13.1. The van der Waals surface area contributed by atoms with E-state index in [-0.39, 0.29) is 18.2 Å². The summed E-state index contributed by atoms with van der Waals surface area (Å²) in [6, 6.07) is 15.0. The van der Waals surface area contributed by atoms with Gasteiger partial charge >= 0.3 is 0 Å². The molecule has 2 aromatic rings. The molecule has 112 valence electrons. The topological polar surface area (TPSA) is 40.5 Å². The van der Waals surface area contributed by atoms with Crippen molar-refractivity contribution in [2.75, 3.05) is 0 Å². The van der Waals surface area contributed by atoms with Crippen molar-refractivity contribution in [3.63, 3.8) is 0 Å².